The Kier molecular flexibility index (Phi) is 5.14. The fourth-order valence-corrected chi connectivity index (χ4v) is 1.58. The molecule has 2 N–H and O–H groups in total. The van der Waals surface area contributed by atoms with E-state index in [1.807, 2.05) is 0 Å². The number of halogens is 4. The van der Waals surface area contributed by atoms with E-state index in [1.165, 1.54) is 0 Å². The van der Waals surface area contributed by atoms with Crippen LogP contribution in [0.3, 0.4) is 0 Å². The molecule has 1 aromatic rings. The second kappa shape index (κ2) is 6.18. The molecule has 0 fully saturated rings. The van der Waals surface area contributed by atoms with Gasteiger partial charge in [-0.05, 0) is 22.6 Å². The maximum absolute atomic E-state index is 13.2. The molecule has 0 radical (unpaired) electrons. The van der Waals surface area contributed by atoms with Gasteiger partial charge in [0.25, 0.3) is 12.1 Å². The van der Waals surface area contributed by atoms with Crippen LogP contribution in [0.4, 0.5) is 24.5 Å². The lowest BCUT2D eigenvalue weighted by Gasteiger charge is -2.12. The van der Waals surface area contributed by atoms with Crippen LogP contribution in [0.2, 0.25) is 0 Å². The van der Waals surface area contributed by atoms with Crippen LogP contribution in [-0.2, 0) is 0 Å². The summed E-state index contributed by atoms with van der Waals surface area (Å²) < 4.78 is 37.3. The van der Waals surface area contributed by atoms with Crippen LogP contribution in [-0.4, -0.2) is 29.1 Å². The van der Waals surface area contributed by atoms with Gasteiger partial charge in [-0.3, -0.25) is 10.1 Å². The van der Waals surface area contributed by atoms with E-state index in [1.54, 1.807) is 22.6 Å². The molecule has 1 rings (SSSR count). The fourth-order valence-electron chi connectivity index (χ4n) is 1.13. The van der Waals surface area contributed by atoms with Gasteiger partial charge in [-0.25, -0.2) is 13.2 Å². The van der Waals surface area contributed by atoms with E-state index in [0.717, 1.165) is 12.1 Å². The molecular formula is C9H8F3IN2O3. The highest BCUT2D eigenvalue weighted by Crippen LogP contribution is 2.28. The van der Waals surface area contributed by atoms with E-state index in [9.17, 15) is 23.3 Å². The quantitative estimate of drug-likeness (QED) is 0.470. The zero-order valence-electron chi connectivity index (χ0n) is 8.74. The van der Waals surface area contributed by atoms with Gasteiger partial charge in [0.15, 0.2) is 0 Å². The molecule has 0 aliphatic carbocycles. The molecule has 5 nitrogen and oxygen atoms in total. The summed E-state index contributed by atoms with van der Waals surface area (Å²) in [5.41, 5.74) is -0.695. The Morgan fingerprint density at radius 3 is 2.61 bits per heavy atom. The number of hydrogen-bond acceptors (Lipinski definition) is 4. The van der Waals surface area contributed by atoms with Crippen LogP contribution in [0.15, 0.2) is 12.1 Å². The van der Waals surface area contributed by atoms with Crippen LogP contribution in [0.25, 0.3) is 0 Å². The van der Waals surface area contributed by atoms with Crippen molar-refractivity contribution in [2.75, 3.05) is 11.9 Å². The molecule has 0 spiro atoms. The molecule has 0 aliphatic rings. The minimum absolute atomic E-state index is 0.0410. The number of anilines is 1. The Hall–Kier alpha value is -1.10. The predicted octanol–water partition coefficient (Wildman–Crippen LogP) is 2.38. The third-order valence-corrected chi connectivity index (χ3v) is 2.85. The molecule has 0 saturated carbocycles. The first-order valence-corrected chi connectivity index (χ1v) is 5.74. The van der Waals surface area contributed by atoms with Gasteiger partial charge in [-0.1, -0.05) is 0 Å². The Balaban J connectivity index is 2.93. The number of hydrogen-bond donors (Lipinski definition) is 2. The van der Waals surface area contributed by atoms with Crippen molar-refractivity contribution >= 4 is 34.0 Å². The summed E-state index contributed by atoms with van der Waals surface area (Å²) in [6, 6.07) is 1.81. The van der Waals surface area contributed by atoms with Gasteiger partial charge in [0.2, 0.25) is 0 Å². The van der Waals surface area contributed by atoms with Crippen molar-refractivity contribution in [2.24, 2.45) is 0 Å². The first-order chi connectivity index (χ1) is 8.32. The lowest BCUT2D eigenvalue weighted by molar-refractivity contribution is -0.384. The minimum Gasteiger partial charge on any atom is -0.385 e. The zero-order valence-corrected chi connectivity index (χ0v) is 10.9. The van der Waals surface area contributed by atoms with Gasteiger partial charge >= 0.3 is 0 Å². The Bertz CT molecular complexity index is 459. The fraction of sp³-hybridized carbons (Fsp3) is 0.333. The maximum Gasteiger partial charge on any atom is 0.293 e. The molecule has 0 heterocycles. The number of benzene rings is 1. The van der Waals surface area contributed by atoms with E-state index in [-0.39, 0.29) is 9.26 Å². The van der Waals surface area contributed by atoms with E-state index in [2.05, 4.69) is 5.32 Å². The van der Waals surface area contributed by atoms with Crippen molar-refractivity contribution in [1.82, 2.24) is 0 Å². The van der Waals surface area contributed by atoms with Gasteiger partial charge in [-0.2, -0.15) is 0 Å². The number of rotatable bonds is 5. The molecule has 0 saturated heterocycles. The summed E-state index contributed by atoms with van der Waals surface area (Å²) in [5, 5.41) is 21.8. The van der Waals surface area contributed by atoms with Crippen molar-refractivity contribution in [3.05, 3.63) is 31.6 Å². The van der Waals surface area contributed by atoms with Crippen LogP contribution >= 0.6 is 22.6 Å². The molecule has 9 heteroatoms. The highest BCUT2D eigenvalue weighted by molar-refractivity contribution is 14.1. The average Bonchev–Trinajstić information content (AvgIpc) is 2.29. The number of alkyl halides is 2. The van der Waals surface area contributed by atoms with Gasteiger partial charge in [0, 0.05) is 18.7 Å². The van der Waals surface area contributed by atoms with Gasteiger partial charge in [0.05, 0.1) is 8.49 Å². The second-order valence-electron chi connectivity index (χ2n) is 3.32. The predicted molar refractivity (Wildman–Crippen MR) is 66.3 cm³/mol. The summed E-state index contributed by atoms with van der Waals surface area (Å²) in [5.74, 6) is -0.713. The van der Waals surface area contributed by atoms with E-state index in [0.29, 0.717) is 0 Å². The number of nitro benzene ring substituents is 1. The standard InChI is InChI=1S/C9H8F3IN2O3/c10-4-1-6(14-3-8(16)9(11)12)7(15(17)18)2-5(4)13/h1-2,8-9,14,16H,3H2. The van der Waals surface area contributed by atoms with Crippen molar-refractivity contribution in [1.29, 1.82) is 0 Å². The van der Waals surface area contributed by atoms with Crippen molar-refractivity contribution in [3.63, 3.8) is 0 Å². The third kappa shape index (κ3) is 3.70. The molecule has 1 unspecified atom stereocenters. The van der Waals surface area contributed by atoms with E-state index >= 15 is 0 Å². The number of nitro groups is 1. The number of nitrogens with zero attached hydrogens (tertiary/aromatic N) is 1. The minimum atomic E-state index is -2.98. The smallest absolute Gasteiger partial charge is 0.293 e. The Morgan fingerprint density at radius 1 is 1.50 bits per heavy atom. The molecule has 0 aliphatic heterocycles. The topological polar surface area (TPSA) is 75.4 Å². The highest BCUT2D eigenvalue weighted by atomic mass is 127. The van der Waals surface area contributed by atoms with Crippen molar-refractivity contribution in [3.8, 4) is 0 Å². The summed E-state index contributed by atoms with van der Waals surface area (Å²) in [7, 11) is 0. The monoisotopic (exact) mass is 376 g/mol. The Morgan fingerprint density at radius 2 is 2.11 bits per heavy atom. The summed E-state index contributed by atoms with van der Waals surface area (Å²) >= 11 is 1.58. The third-order valence-electron chi connectivity index (χ3n) is 2.03. The number of aliphatic hydroxyl groups excluding tert-OH is 1. The van der Waals surface area contributed by atoms with Crippen LogP contribution in [0, 0.1) is 19.5 Å². The molecule has 0 aromatic heterocycles. The van der Waals surface area contributed by atoms with Crippen molar-refractivity contribution in [2.45, 2.75) is 12.5 Å². The Labute approximate surface area is 113 Å². The average molecular weight is 376 g/mol. The molecule has 100 valence electrons. The first-order valence-electron chi connectivity index (χ1n) is 4.66. The summed E-state index contributed by atoms with van der Waals surface area (Å²) in [4.78, 5) is 9.93. The summed E-state index contributed by atoms with van der Waals surface area (Å²) in [6.07, 6.45) is -4.96. The molecule has 1 aromatic carbocycles. The highest BCUT2D eigenvalue weighted by Gasteiger charge is 2.21. The zero-order chi connectivity index (χ0) is 13.9. The van der Waals surface area contributed by atoms with E-state index < -0.39 is 35.5 Å². The lowest BCUT2D eigenvalue weighted by atomic mass is 10.2. The molecule has 1 atom stereocenters. The van der Waals surface area contributed by atoms with Gasteiger partial charge < -0.3 is 10.4 Å². The maximum atomic E-state index is 13.2. The number of aliphatic hydroxyl groups is 1. The van der Waals surface area contributed by atoms with E-state index in [4.69, 9.17) is 5.11 Å². The first kappa shape index (κ1) is 15.0. The molecule has 18 heavy (non-hydrogen) atoms. The van der Waals surface area contributed by atoms with Gasteiger partial charge in [-0.15, -0.1) is 0 Å². The van der Waals surface area contributed by atoms with Crippen LogP contribution in [0.1, 0.15) is 0 Å². The molecular weight excluding hydrogens is 368 g/mol. The normalized spacial score (nSPS) is 12.6. The largest absolute Gasteiger partial charge is 0.385 e. The van der Waals surface area contributed by atoms with Crippen LogP contribution < -0.4 is 5.32 Å². The summed E-state index contributed by atoms with van der Waals surface area (Å²) in [6.45, 7) is -0.613. The van der Waals surface area contributed by atoms with Gasteiger partial charge in [0.1, 0.15) is 17.6 Å². The second-order valence-corrected chi connectivity index (χ2v) is 4.49. The van der Waals surface area contributed by atoms with Crippen LogP contribution in [0.5, 0.6) is 0 Å². The van der Waals surface area contributed by atoms with Crippen molar-refractivity contribution < 1.29 is 23.2 Å². The lowest BCUT2D eigenvalue weighted by Crippen LogP contribution is -2.27. The molecule has 0 bridgehead atoms. The SMILES string of the molecule is O=[N+]([O-])c1cc(I)c(F)cc1NCC(O)C(F)F. The number of nitrogens with one attached hydrogen (secondary N) is 1. The molecule has 0 amide bonds.